The molecule has 1 aromatic carbocycles. The molecule has 1 aliphatic carbocycles. The number of benzene rings is 1. The number of rotatable bonds is 7. The summed E-state index contributed by atoms with van der Waals surface area (Å²) in [6.45, 7) is 4.09. The van der Waals surface area contributed by atoms with Crippen molar-refractivity contribution in [1.29, 1.82) is 0 Å². The third kappa shape index (κ3) is 4.55. The van der Waals surface area contributed by atoms with Crippen molar-refractivity contribution in [3.63, 3.8) is 0 Å². The van der Waals surface area contributed by atoms with Gasteiger partial charge in [0.1, 0.15) is 17.0 Å². The zero-order chi connectivity index (χ0) is 23.3. The van der Waals surface area contributed by atoms with Crippen LogP contribution in [0.15, 0.2) is 49.2 Å². The first-order chi connectivity index (χ1) is 16.1. The van der Waals surface area contributed by atoms with E-state index in [1.54, 1.807) is 31.9 Å². The molecule has 8 heteroatoms. The van der Waals surface area contributed by atoms with Gasteiger partial charge in [-0.2, -0.15) is 0 Å². The van der Waals surface area contributed by atoms with E-state index in [0.29, 0.717) is 24.6 Å². The van der Waals surface area contributed by atoms with E-state index in [4.69, 9.17) is 9.47 Å². The Balaban J connectivity index is 1.73. The minimum Gasteiger partial charge on any atom is -0.494 e. The highest BCUT2D eigenvalue weighted by Gasteiger charge is 2.51. The summed E-state index contributed by atoms with van der Waals surface area (Å²) in [5, 5.41) is 3.62. The first-order valence-corrected chi connectivity index (χ1v) is 11.5. The first kappa shape index (κ1) is 22.8. The number of nitrogens with zero attached hydrogens (tertiary/aromatic N) is 4. The third-order valence-corrected chi connectivity index (χ3v) is 6.27. The molecule has 0 spiro atoms. The quantitative estimate of drug-likeness (QED) is 0.426. The van der Waals surface area contributed by atoms with Crippen molar-refractivity contribution >= 4 is 11.7 Å². The molecule has 0 radical (unpaired) electrons. The van der Waals surface area contributed by atoms with Crippen LogP contribution in [0.1, 0.15) is 50.5 Å². The van der Waals surface area contributed by atoms with Gasteiger partial charge in [0.15, 0.2) is 0 Å². The Kier molecular flexibility index (Phi) is 6.91. The molecule has 1 N–H and O–H groups in total. The van der Waals surface area contributed by atoms with Crippen LogP contribution in [0.5, 0.6) is 5.75 Å². The van der Waals surface area contributed by atoms with Gasteiger partial charge >= 0.3 is 5.97 Å². The van der Waals surface area contributed by atoms with Crippen LogP contribution in [-0.2, 0) is 14.9 Å². The summed E-state index contributed by atoms with van der Waals surface area (Å²) in [7, 11) is 1.65. The molecule has 1 saturated carbocycles. The molecule has 1 fully saturated rings. The number of hydrogen-bond acceptors (Lipinski definition) is 7. The van der Waals surface area contributed by atoms with Crippen LogP contribution in [0, 0.1) is 6.92 Å². The van der Waals surface area contributed by atoms with Crippen LogP contribution in [0.3, 0.4) is 0 Å². The standard InChI is InChI=1S/C25H31N5O3/c1-4-33-24(31)25(23-26-13-8-14-27-23)12-7-5-6-9-22(25)29-19-10-11-20(21(15-19)32-3)30-16-18(2)28-17-30/h8,10-11,13-17,22,29H,4-7,9,12H2,1-3H3. The third-order valence-electron chi connectivity index (χ3n) is 6.27. The molecule has 2 atom stereocenters. The van der Waals surface area contributed by atoms with Crippen LogP contribution >= 0.6 is 0 Å². The van der Waals surface area contributed by atoms with Crippen molar-refractivity contribution in [3.8, 4) is 11.4 Å². The van der Waals surface area contributed by atoms with Gasteiger partial charge in [-0.05, 0) is 44.9 Å². The van der Waals surface area contributed by atoms with E-state index >= 15 is 0 Å². The lowest BCUT2D eigenvalue weighted by molar-refractivity contribution is -0.151. The molecular formula is C25H31N5O3. The van der Waals surface area contributed by atoms with Crippen molar-refractivity contribution < 1.29 is 14.3 Å². The van der Waals surface area contributed by atoms with Gasteiger partial charge in [0.25, 0.3) is 0 Å². The molecule has 1 aliphatic rings. The average molecular weight is 450 g/mol. The molecule has 2 heterocycles. The summed E-state index contributed by atoms with van der Waals surface area (Å²) in [6, 6.07) is 7.50. The SMILES string of the molecule is CCOC(=O)C1(c2ncccn2)CCCCCC1Nc1ccc(-n2cnc(C)c2)c(OC)c1. The fourth-order valence-electron chi connectivity index (χ4n) is 4.67. The number of anilines is 1. The van der Waals surface area contributed by atoms with E-state index in [2.05, 4.69) is 20.3 Å². The molecule has 0 aliphatic heterocycles. The summed E-state index contributed by atoms with van der Waals surface area (Å²) in [6.07, 6.45) is 11.5. The number of carbonyl (C=O) groups is 1. The molecule has 0 bridgehead atoms. The normalized spacial score (nSPS) is 20.6. The fourth-order valence-corrected chi connectivity index (χ4v) is 4.67. The van der Waals surface area contributed by atoms with Gasteiger partial charge in [0.05, 0.1) is 31.4 Å². The molecule has 0 saturated heterocycles. The van der Waals surface area contributed by atoms with Gasteiger partial charge in [-0.15, -0.1) is 0 Å². The topological polar surface area (TPSA) is 91.2 Å². The number of nitrogens with one attached hydrogen (secondary N) is 1. The van der Waals surface area contributed by atoms with E-state index in [1.807, 2.05) is 42.8 Å². The molecule has 4 rings (SSSR count). The van der Waals surface area contributed by atoms with Gasteiger partial charge in [-0.3, -0.25) is 4.79 Å². The maximum Gasteiger partial charge on any atom is 0.321 e. The maximum atomic E-state index is 13.5. The van der Waals surface area contributed by atoms with Crippen molar-refractivity contribution in [2.75, 3.05) is 19.0 Å². The smallest absolute Gasteiger partial charge is 0.321 e. The second-order valence-electron chi connectivity index (χ2n) is 8.37. The molecule has 33 heavy (non-hydrogen) atoms. The number of ether oxygens (including phenoxy) is 2. The van der Waals surface area contributed by atoms with Gasteiger partial charge in [0, 0.05) is 36.4 Å². The number of aromatic nitrogens is 4. The molecule has 2 unspecified atom stereocenters. The van der Waals surface area contributed by atoms with Crippen molar-refractivity contribution in [2.24, 2.45) is 0 Å². The second-order valence-corrected chi connectivity index (χ2v) is 8.37. The number of aryl methyl sites for hydroxylation is 1. The first-order valence-electron chi connectivity index (χ1n) is 11.5. The highest BCUT2D eigenvalue weighted by atomic mass is 16.5. The maximum absolute atomic E-state index is 13.5. The molecular weight excluding hydrogens is 418 g/mol. The van der Waals surface area contributed by atoms with Gasteiger partial charge in [0.2, 0.25) is 0 Å². The van der Waals surface area contributed by atoms with Crippen LogP contribution in [-0.4, -0.2) is 45.2 Å². The lowest BCUT2D eigenvalue weighted by Gasteiger charge is -2.37. The van der Waals surface area contributed by atoms with Gasteiger partial charge < -0.3 is 19.4 Å². The van der Waals surface area contributed by atoms with Crippen molar-refractivity contribution in [3.05, 3.63) is 60.7 Å². The Labute approximate surface area is 194 Å². The number of methoxy groups -OCH3 is 1. The lowest BCUT2D eigenvalue weighted by atomic mass is 9.75. The second kappa shape index (κ2) is 10.0. The molecule has 174 valence electrons. The van der Waals surface area contributed by atoms with Gasteiger partial charge in [-0.25, -0.2) is 15.0 Å². The Morgan fingerprint density at radius 3 is 2.73 bits per heavy atom. The van der Waals surface area contributed by atoms with E-state index in [0.717, 1.165) is 42.8 Å². The Morgan fingerprint density at radius 2 is 2.03 bits per heavy atom. The highest BCUT2D eigenvalue weighted by Crippen LogP contribution is 2.40. The molecule has 8 nitrogen and oxygen atoms in total. The van der Waals surface area contributed by atoms with Crippen LogP contribution < -0.4 is 10.1 Å². The fraction of sp³-hybridized carbons (Fsp3) is 0.440. The predicted octanol–water partition coefficient (Wildman–Crippen LogP) is 4.23. The van der Waals surface area contributed by atoms with E-state index in [9.17, 15) is 4.79 Å². The summed E-state index contributed by atoms with van der Waals surface area (Å²) in [5.74, 6) is 0.956. The minimum atomic E-state index is -0.957. The Hall–Kier alpha value is -3.42. The Bertz CT molecular complexity index is 1080. The summed E-state index contributed by atoms with van der Waals surface area (Å²) in [5.41, 5.74) is 1.73. The van der Waals surface area contributed by atoms with Crippen LogP contribution in [0.4, 0.5) is 5.69 Å². The van der Waals surface area contributed by atoms with E-state index in [-0.39, 0.29) is 12.0 Å². The predicted molar refractivity (Wildman–Crippen MR) is 126 cm³/mol. The summed E-state index contributed by atoms with van der Waals surface area (Å²) < 4.78 is 13.2. The number of hydrogen-bond donors (Lipinski definition) is 1. The van der Waals surface area contributed by atoms with Crippen LogP contribution in [0.25, 0.3) is 5.69 Å². The van der Waals surface area contributed by atoms with Gasteiger partial charge in [-0.1, -0.05) is 19.3 Å². The van der Waals surface area contributed by atoms with E-state index < -0.39 is 5.41 Å². The zero-order valence-electron chi connectivity index (χ0n) is 19.5. The minimum absolute atomic E-state index is 0.215. The van der Waals surface area contributed by atoms with Crippen LogP contribution in [0.2, 0.25) is 0 Å². The number of esters is 1. The Morgan fingerprint density at radius 1 is 1.21 bits per heavy atom. The lowest BCUT2D eigenvalue weighted by Crippen LogP contribution is -2.52. The largest absolute Gasteiger partial charge is 0.494 e. The summed E-state index contributed by atoms with van der Waals surface area (Å²) in [4.78, 5) is 26.8. The van der Waals surface area contributed by atoms with E-state index in [1.165, 1.54) is 0 Å². The number of imidazole rings is 1. The molecule has 0 amide bonds. The number of carbonyl (C=O) groups excluding carboxylic acids is 1. The average Bonchev–Trinajstić information content (AvgIpc) is 3.15. The molecule has 2 aromatic heterocycles. The highest BCUT2D eigenvalue weighted by molar-refractivity contribution is 5.84. The van der Waals surface area contributed by atoms with Crippen molar-refractivity contribution in [2.45, 2.75) is 57.4 Å². The monoisotopic (exact) mass is 449 g/mol. The molecule has 3 aromatic rings. The summed E-state index contributed by atoms with van der Waals surface area (Å²) >= 11 is 0. The van der Waals surface area contributed by atoms with Crippen molar-refractivity contribution in [1.82, 2.24) is 19.5 Å². The zero-order valence-corrected chi connectivity index (χ0v) is 19.5.